The summed E-state index contributed by atoms with van der Waals surface area (Å²) in [4.78, 5) is 24.9. The number of carbonyl (C=O) groups is 2. The lowest BCUT2D eigenvalue weighted by Gasteiger charge is -2.35. The molecule has 1 amide bonds. The van der Waals surface area contributed by atoms with Gasteiger partial charge in [-0.2, -0.15) is 0 Å². The molecule has 0 aliphatic carbocycles. The maximum atomic E-state index is 11.9. The van der Waals surface area contributed by atoms with E-state index in [0.717, 1.165) is 12.8 Å². The van der Waals surface area contributed by atoms with Crippen LogP contribution in [0.25, 0.3) is 0 Å². The number of hydrogen-bond acceptors (Lipinski definition) is 4. The number of ether oxygens (including phenoxy) is 1. The van der Waals surface area contributed by atoms with Gasteiger partial charge in [0.05, 0.1) is 6.04 Å². The fourth-order valence-electron chi connectivity index (χ4n) is 2.13. The summed E-state index contributed by atoms with van der Waals surface area (Å²) in [6.07, 6.45) is 1.44. The van der Waals surface area contributed by atoms with E-state index in [9.17, 15) is 9.59 Å². The second-order valence-corrected chi connectivity index (χ2v) is 5.97. The van der Waals surface area contributed by atoms with Gasteiger partial charge < -0.3 is 15.4 Å². The first kappa shape index (κ1) is 15.0. The Hall–Kier alpha value is -1.10. The molecule has 1 aliphatic rings. The Morgan fingerprint density at radius 3 is 2.50 bits per heavy atom. The van der Waals surface area contributed by atoms with Gasteiger partial charge in [-0.15, -0.1) is 0 Å². The number of rotatable bonds is 2. The molecule has 5 nitrogen and oxygen atoms in total. The predicted octanol–water partition coefficient (Wildman–Crippen LogP) is 1.55. The van der Waals surface area contributed by atoms with Gasteiger partial charge in [0, 0.05) is 13.1 Å². The Balaban J connectivity index is 2.58. The smallest absolute Gasteiger partial charge is 0.410 e. The first-order valence-electron chi connectivity index (χ1n) is 6.44. The average Bonchev–Trinajstić information content (AvgIpc) is 2.25. The zero-order valence-corrected chi connectivity index (χ0v) is 11.7. The summed E-state index contributed by atoms with van der Waals surface area (Å²) in [6, 6.07) is -0.477. The molecule has 0 aromatic heterocycles. The Morgan fingerprint density at radius 2 is 2.00 bits per heavy atom. The summed E-state index contributed by atoms with van der Waals surface area (Å²) in [5, 5.41) is 0. The van der Waals surface area contributed by atoms with Gasteiger partial charge in [0.15, 0.2) is 0 Å². The molecule has 0 aromatic rings. The summed E-state index contributed by atoms with van der Waals surface area (Å²) in [7, 11) is 0. The van der Waals surface area contributed by atoms with Crippen molar-refractivity contribution in [3.8, 4) is 0 Å². The molecule has 1 aliphatic heterocycles. The number of hydrogen-bond donors (Lipinski definition) is 1. The molecule has 2 unspecified atom stereocenters. The van der Waals surface area contributed by atoms with E-state index in [-0.39, 0.29) is 17.8 Å². The third-order valence-electron chi connectivity index (χ3n) is 3.09. The summed E-state index contributed by atoms with van der Waals surface area (Å²) in [5.41, 5.74) is 5.36. The van der Waals surface area contributed by atoms with E-state index < -0.39 is 11.6 Å². The van der Waals surface area contributed by atoms with Crippen LogP contribution in [0.4, 0.5) is 4.79 Å². The fourth-order valence-corrected chi connectivity index (χ4v) is 2.13. The molecule has 5 heteroatoms. The van der Waals surface area contributed by atoms with E-state index in [1.165, 1.54) is 6.92 Å². The highest BCUT2D eigenvalue weighted by molar-refractivity contribution is 5.81. The molecule has 1 saturated heterocycles. The Labute approximate surface area is 109 Å². The Morgan fingerprint density at radius 1 is 1.39 bits per heavy atom. The minimum absolute atomic E-state index is 0.0222. The standard InChI is InChI=1S/C13H24N2O3/c1-9(16)11(14)10-6-5-7-15(8-10)12(17)18-13(2,3)4/h10-11H,5-8,14H2,1-4H3. The second-order valence-electron chi connectivity index (χ2n) is 5.97. The van der Waals surface area contributed by atoms with Crippen molar-refractivity contribution in [2.24, 2.45) is 11.7 Å². The maximum absolute atomic E-state index is 11.9. The highest BCUT2D eigenvalue weighted by Crippen LogP contribution is 2.21. The van der Waals surface area contributed by atoms with Crippen molar-refractivity contribution >= 4 is 11.9 Å². The molecule has 1 rings (SSSR count). The van der Waals surface area contributed by atoms with Crippen LogP contribution in [0.1, 0.15) is 40.5 Å². The van der Waals surface area contributed by atoms with Crippen LogP contribution in [-0.4, -0.2) is 41.5 Å². The number of likely N-dealkylation sites (tertiary alicyclic amines) is 1. The van der Waals surface area contributed by atoms with Crippen molar-refractivity contribution in [2.45, 2.75) is 52.2 Å². The van der Waals surface area contributed by atoms with Gasteiger partial charge in [0.2, 0.25) is 0 Å². The first-order valence-corrected chi connectivity index (χ1v) is 6.44. The van der Waals surface area contributed by atoms with Crippen LogP contribution < -0.4 is 5.73 Å². The van der Waals surface area contributed by atoms with E-state index in [1.54, 1.807) is 4.90 Å². The highest BCUT2D eigenvalue weighted by atomic mass is 16.6. The molecule has 0 bridgehead atoms. The number of carbonyl (C=O) groups excluding carboxylic acids is 2. The monoisotopic (exact) mass is 256 g/mol. The van der Waals surface area contributed by atoms with Crippen LogP contribution in [-0.2, 0) is 9.53 Å². The minimum atomic E-state index is -0.493. The molecular formula is C13H24N2O3. The molecule has 18 heavy (non-hydrogen) atoms. The Kier molecular flexibility index (Phi) is 4.73. The third kappa shape index (κ3) is 4.29. The van der Waals surface area contributed by atoms with Gasteiger partial charge in [-0.25, -0.2) is 4.79 Å². The third-order valence-corrected chi connectivity index (χ3v) is 3.09. The van der Waals surface area contributed by atoms with Crippen LogP contribution >= 0.6 is 0 Å². The summed E-state index contributed by atoms with van der Waals surface area (Å²) < 4.78 is 5.33. The number of ketones is 1. The molecular weight excluding hydrogens is 232 g/mol. The van der Waals surface area contributed by atoms with Crippen molar-refractivity contribution in [3.05, 3.63) is 0 Å². The molecule has 0 saturated carbocycles. The zero-order valence-electron chi connectivity index (χ0n) is 11.7. The van der Waals surface area contributed by atoms with Crippen molar-refractivity contribution in [3.63, 3.8) is 0 Å². The predicted molar refractivity (Wildman–Crippen MR) is 69.2 cm³/mol. The highest BCUT2D eigenvalue weighted by Gasteiger charge is 2.31. The maximum Gasteiger partial charge on any atom is 0.410 e. The first-order chi connectivity index (χ1) is 8.20. The molecule has 1 fully saturated rings. The summed E-state index contributed by atoms with van der Waals surface area (Å²) in [5.74, 6) is 0.0230. The second kappa shape index (κ2) is 5.69. The number of piperidine rings is 1. The van der Waals surface area contributed by atoms with Gasteiger partial charge in [0.25, 0.3) is 0 Å². The van der Waals surface area contributed by atoms with E-state index >= 15 is 0 Å². The number of nitrogens with two attached hydrogens (primary N) is 1. The van der Waals surface area contributed by atoms with Crippen molar-refractivity contribution < 1.29 is 14.3 Å². The fraction of sp³-hybridized carbons (Fsp3) is 0.846. The van der Waals surface area contributed by atoms with E-state index in [1.807, 2.05) is 20.8 Å². The lowest BCUT2D eigenvalue weighted by molar-refractivity contribution is -0.119. The Bertz CT molecular complexity index is 323. The van der Waals surface area contributed by atoms with Gasteiger partial charge in [-0.3, -0.25) is 4.79 Å². The van der Waals surface area contributed by atoms with Gasteiger partial charge in [-0.05, 0) is 46.5 Å². The van der Waals surface area contributed by atoms with Crippen molar-refractivity contribution in [1.29, 1.82) is 0 Å². The molecule has 2 N–H and O–H groups in total. The largest absolute Gasteiger partial charge is 0.444 e. The van der Waals surface area contributed by atoms with Crippen LogP contribution in [0.15, 0.2) is 0 Å². The topological polar surface area (TPSA) is 72.6 Å². The van der Waals surface area contributed by atoms with Crippen molar-refractivity contribution in [1.82, 2.24) is 4.90 Å². The van der Waals surface area contributed by atoms with Crippen molar-refractivity contribution in [2.75, 3.05) is 13.1 Å². The van der Waals surface area contributed by atoms with E-state index in [4.69, 9.17) is 10.5 Å². The zero-order chi connectivity index (χ0) is 13.9. The average molecular weight is 256 g/mol. The number of Topliss-reactive ketones (excluding diaryl/α,β-unsaturated/α-hetero) is 1. The number of amides is 1. The van der Waals surface area contributed by atoms with Gasteiger partial charge in [-0.1, -0.05) is 0 Å². The summed E-state index contributed by atoms with van der Waals surface area (Å²) >= 11 is 0. The molecule has 104 valence electrons. The van der Waals surface area contributed by atoms with Crippen LogP contribution in [0, 0.1) is 5.92 Å². The SMILES string of the molecule is CC(=O)C(N)C1CCCN(C(=O)OC(C)(C)C)C1. The van der Waals surface area contributed by atoms with Crippen LogP contribution in [0.3, 0.4) is 0 Å². The lowest BCUT2D eigenvalue weighted by atomic mass is 9.89. The molecule has 0 radical (unpaired) electrons. The van der Waals surface area contributed by atoms with Gasteiger partial charge >= 0.3 is 6.09 Å². The molecule has 1 heterocycles. The minimum Gasteiger partial charge on any atom is -0.444 e. The quantitative estimate of drug-likeness (QED) is 0.813. The van der Waals surface area contributed by atoms with Gasteiger partial charge in [0.1, 0.15) is 11.4 Å². The van der Waals surface area contributed by atoms with Crippen LogP contribution in [0.5, 0.6) is 0 Å². The lowest BCUT2D eigenvalue weighted by Crippen LogP contribution is -2.49. The molecule has 0 aromatic carbocycles. The number of nitrogens with zero attached hydrogens (tertiary/aromatic N) is 1. The van der Waals surface area contributed by atoms with E-state index in [0.29, 0.717) is 13.1 Å². The molecule has 2 atom stereocenters. The van der Waals surface area contributed by atoms with E-state index in [2.05, 4.69) is 0 Å². The van der Waals surface area contributed by atoms with Crippen LogP contribution in [0.2, 0.25) is 0 Å². The normalized spacial score (nSPS) is 22.5. The summed E-state index contributed by atoms with van der Waals surface area (Å²) in [6.45, 7) is 8.21. The molecule has 0 spiro atoms.